The number of likely N-dealkylation sites (tertiary alicyclic amines) is 1. The molecule has 3 rings (SSSR count). The van der Waals surface area contributed by atoms with E-state index in [1.54, 1.807) is 0 Å². The van der Waals surface area contributed by atoms with Crippen LogP contribution in [-0.2, 0) is 6.61 Å². The van der Waals surface area contributed by atoms with Gasteiger partial charge >= 0.3 is 6.09 Å². The molecule has 0 spiro atoms. The van der Waals surface area contributed by atoms with Crippen LogP contribution in [-0.4, -0.2) is 35.3 Å². The molecule has 6 heteroatoms. The summed E-state index contributed by atoms with van der Waals surface area (Å²) >= 11 is 5.96. The lowest BCUT2D eigenvalue weighted by molar-refractivity contribution is 0.0894. The minimum absolute atomic E-state index is 0.0498. The molecule has 0 bridgehead atoms. The normalized spacial score (nSPS) is 15.0. The number of nitrogens with zero attached hydrogens (tertiary/aromatic N) is 1. The molecule has 1 amide bonds. The summed E-state index contributed by atoms with van der Waals surface area (Å²) in [6.45, 7) is 1.48. The maximum Gasteiger partial charge on any atom is 0.407 e. The quantitative estimate of drug-likeness (QED) is 0.855. The highest BCUT2D eigenvalue weighted by Gasteiger charge is 2.23. The summed E-state index contributed by atoms with van der Waals surface area (Å²) in [5.41, 5.74) is 1.01. The minimum Gasteiger partial charge on any atom is -0.490 e. The fraction of sp³-hybridized carbons (Fsp3) is 0.316. The summed E-state index contributed by atoms with van der Waals surface area (Å²) in [4.78, 5) is 12.3. The van der Waals surface area contributed by atoms with Gasteiger partial charge in [-0.2, -0.15) is 0 Å². The van der Waals surface area contributed by atoms with E-state index >= 15 is 0 Å². The van der Waals surface area contributed by atoms with E-state index < -0.39 is 6.09 Å². The van der Waals surface area contributed by atoms with Crippen LogP contribution < -0.4 is 9.47 Å². The van der Waals surface area contributed by atoms with Gasteiger partial charge in [-0.05, 0) is 42.0 Å². The van der Waals surface area contributed by atoms with Gasteiger partial charge in [-0.25, -0.2) is 4.79 Å². The molecule has 0 atom stereocenters. The minimum atomic E-state index is -0.861. The number of amides is 1. The second-order valence-electron chi connectivity index (χ2n) is 5.98. The summed E-state index contributed by atoms with van der Waals surface area (Å²) in [7, 11) is 0. The largest absolute Gasteiger partial charge is 0.490 e. The van der Waals surface area contributed by atoms with Crippen molar-refractivity contribution in [3.63, 3.8) is 0 Å². The van der Waals surface area contributed by atoms with E-state index in [-0.39, 0.29) is 6.10 Å². The van der Waals surface area contributed by atoms with Crippen LogP contribution in [0.2, 0.25) is 5.02 Å². The molecule has 0 aromatic heterocycles. The molecule has 1 N–H and O–H groups in total. The Labute approximate surface area is 151 Å². The van der Waals surface area contributed by atoms with E-state index in [1.165, 1.54) is 4.90 Å². The van der Waals surface area contributed by atoms with Crippen LogP contribution in [0, 0.1) is 0 Å². The van der Waals surface area contributed by atoms with Gasteiger partial charge in [-0.1, -0.05) is 23.7 Å². The average molecular weight is 362 g/mol. The molecule has 0 saturated carbocycles. The molecule has 25 heavy (non-hydrogen) atoms. The predicted molar refractivity (Wildman–Crippen MR) is 95.5 cm³/mol. The third kappa shape index (κ3) is 5.03. The fourth-order valence-electron chi connectivity index (χ4n) is 2.77. The predicted octanol–water partition coefficient (Wildman–Crippen LogP) is 4.44. The van der Waals surface area contributed by atoms with Crippen molar-refractivity contribution in [1.29, 1.82) is 0 Å². The molecule has 1 aliphatic rings. The zero-order valence-corrected chi connectivity index (χ0v) is 14.5. The maximum absolute atomic E-state index is 10.9. The molecule has 1 aliphatic heterocycles. The standard InChI is InChI=1S/C19H20ClNO4/c20-15-3-1-2-14(12-15)13-24-16-4-6-17(7-5-16)25-18-8-10-21(11-9-18)19(22)23/h1-7,12,18H,8-11,13H2,(H,22,23). The van der Waals surface area contributed by atoms with Gasteiger partial charge in [0.25, 0.3) is 0 Å². The number of carbonyl (C=O) groups is 1. The molecule has 0 aliphatic carbocycles. The first-order valence-corrected chi connectivity index (χ1v) is 8.60. The third-order valence-electron chi connectivity index (χ3n) is 4.13. The van der Waals surface area contributed by atoms with Crippen LogP contribution in [0.3, 0.4) is 0 Å². The van der Waals surface area contributed by atoms with Gasteiger partial charge in [0.1, 0.15) is 24.2 Å². The Balaban J connectivity index is 1.48. The average Bonchev–Trinajstić information content (AvgIpc) is 2.62. The number of hydrogen-bond acceptors (Lipinski definition) is 3. The Hall–Kier alpha value is -2.40. The van der Waals surface area contributed by atoms with Gasteiger partial charge in [0.2, 0.25) is 0 Å². The first-order valence-electron chi connectivity index (χ1n) is 8.22. The van der Waals surface area contributed by atoms with E-state index in [1.807, 2.05) is 48.5 Å². The van der Waals surface area contributed by atoms with E-state index in [2.05, 4.69) is 0 Å². The van der Waals surface area contributed by atoms with Crippen molar-refractivity contribution >= 4 is 17.7 Å². The Morgan fingerprint density at radius 1 is 1.12 bits per heavy atom. The lowest BCUT2D eigenvalue weighted by atomic mass is 10.1. The number of carboxylic acid groups (broad SMARTS) is 1. The van der Waals surface area contributed by atoms with Crippen molar-refractivity contribution in [1.82, 2.24) is 4.90 Å². The Morgan fingerprint density at radius 3 is 2.44 bits per heavy atom. The summed E-state index contributed by atoms with van der Waals surface area (Å²) in [6, 6.07) is 15.0. The van der Waals surface area contributed by atoms with Gasteiger partial charge in [-0.3, -0.25) is 0 Å². The number of benzene rings is 2. The molecule has 1 heterocycles. The number of hydrogen-bond donors (Lipinski definition) is 1. The van der Waals surface area contributed by atoms with Gasteiger partial charge in [-0.15, -0.1) is 0 Å². The smallest absolute Gasteiger partial charge is 0.407 e. The van der Waals surface area contributed by atoms with Gasteiger partial charge in [0, 0.05) is 31.0 Å². The number of ether oxygens (including phenoxy) is 2. The molecular formula is C19H20ClNO4. The summed E-state index contributed by atoms with van der Waals surface area (Å²) in [5, 5.41) is 9.65. The lowest BCUT2D eigenvalue weighted by Crippen LogP contribution is -2.41. The monoisotopic (exact) mass is 361 g/mol. The molecule has 2 aromatic carbocycles. The highest BCUT2D eigenvalue weighted by molar-refractivity contribution is 6.30. The molecule has 5 nitrogen and oxygen atoms in total. The van der Waals surface area contributed by atoms with Crippen LogP contribution in [0.4, 0.5) is 4.79 Å². The topological polar surface area (TPSA) is 59.0 Å². The maximum atomic E-state index is 10.9. The molecular weight excluding hydrogens is 342 g/mol. The van der Waals surface area contributed by atoms with Crippen LogP contribution >= 0.6 is 11.6 Å². The molecule has 1 fully saturated rings. The summed E-state index contributed by atoms with van der Waals surface area (Å²) in [6.07, 6.45) is 0.604. The second-order valence-corrected chi connectivity index (χ2v) is 6.41. The Bertz CT molecular complexity index is 712. The summed E-state index contributed by atoms with van der Waals surface area (Å²) < 4.78 is 11.7. The van der Waals surface area contributed by atoms with Gasteiger partial charge in [0.05, 0.1) is 0 Å². The summed E-state index contributed by atoms with van der Waals surface area (Å²) in [5.74, 6) is 1.52. The van der Waals surface area contributed by atoms with E-state index in [0.29, 0.717) is 37.6 Å². The molecule has 2 aromatic rings. The van der Waals surface area contributed by atoms with Gasteiger partial charge < -0.3 is 19.5 Å². The SMILES string of the molecule is O=C(O)N1CCC(Oc2ccc(OCc3cccc(Cl)c3)cc2)CC1. The van der Waals surface area contributed by atoms with Crippen LogP contribution in [0.5, 0.6) is 11.5 Å². The van der Waals surface area contributed by atoms with Crippen LogP contribution in [0.15, 0.2) is 48.5 Å². The van der Waals surface area contributed by atoms with Crippen molar-refractivity contribution in [2.45, 2.75) is 25.6 Å². The zero-order chi connectivity index (χ0) is 17.6. The lowest BCUT2D eigenvalue weighted by Gasteiger charge is -2.30. The molecule has 132 valence electrons. The highest BCUT2D eigenvalue weighted by atomic mass is 35.5. The van der Waals surface area contributed by atoms with Crippen LogP contribution in [0.1, 0.15) is 18.4 Å². The first kappa shape index (κ1) is 17.4. The fourth-order valence-corrected chi connectivity index (χ4v) is 2.98. The van der Waals surface area contributed by atoms with Crippen molar-refractivity contribution in [2.24, 2.45) is 0 Å². The van der Waals surface area contributed by atoms with Crippen molar-refractivity contribution in [3.8, 4) is 11.5 Å². The van der Waals surface area contributed by atoms with E-state index in [0.717, 1.165) is 17.1 Å². The van der Waals surface area contributed by atoms with E-state index in [4.69, 9.17) is 26.2 Å². The van der Waals surface area contributed by atoms with Crippen LogP contribution in [0.25, 0.3) is 0 Å². The third-order valence-corrected chi connectivity index (χ3v) is 4.37. The van der Waals surface area contributed by atoms with Crippen molar-refractivity contribution < 1.29 is 19.4 Å². The highest BCUT2D eigenvalue weighted by Crippen LogP contribution is 2.23. The Morgan fingerprint density at radius 2 is 1.80 bits per heavy atom. The second kappa shape index (κ2) is 8.12. The Kier molecular flexibility index (Phi) is 5.66. The number of piperidine rings is 1. The molecule has 1 saturated heterocycles. The molecule has 0 unspecified atom stereocenters. The number of halogens is 1. The number of rotatable bonds is 5. The zero-order valence-electron chi connectivity index (χ0n) is 13.7. The van der Waals surface area contributed by atoms with Crippen molar-refractivity contribution in [3.05, 3.63) is 59.1 Å². The van der Waals surface area contributed by atoms with Gasteiger partial charge in [0.15, 0.2) is 0 Å². The first-order chi connectivity index (χ1) is 12.1. The van der Waals surface area contributed by atoms with Crippen molar-refractivity contribution in [2.75, 3.05) is 13.1 Å². The molecule has 0 radical (unpaired) electrons. The van der Waals surface area contributed by atoms with E-state index in [9.17, 15) is 4.79 Å².